The fourth-order valence-corrected chi connectivity index (χ4v) is 2.54. The average molecular weight is 265 g/mol. The lowest BCUT2D eigenvalue weighted by Crippen LogP contribution is -2.04. The van der Waals surface area contributed by atoms with Crippen LogP contribution in [0.3, 0.4) is 0 Å². The van der Waals surface area contributed by atoms with Gasteiger partial charge in [0.2, 0.25) is 0 Å². The number of thioether (sulfide) groups is 1. The molecule has 0 amide bonds. The lowest BCUT2D eigenvalue weighted by atomic mass is 10.3. The van der Waals surface area contributed by atoms with Crippen molar-refractivity contribution in [3.8, 4) is 0 Å². The molecule has 0 bridgehead atoms. The van der Waals surface area contributed by atoms with Gasteiger partial charge in [-0.15, -0.1) is 11.8 Å². The van der Waals surface area contributed by atoms with Gasteiger partial charge < -0.3 is 5.32 Å². The summed E-state index contributed by atoms with van der Waals surface area (Å²) in [5.74, 6) is 0.733. The maximum absolute atomic E-state index is 12.7. The van der Waals surface area contributed by atoms with Gasteiger partial charge in [-0.1, -0.05) is 0 Å². The third-order valence-corrected chi connectivity index (χ3v) is 3.57. The van der Waals surface area contributed by atoms with Crippen LogP contribution in [-0.4, -0.2) is 22.1 Å². The number of nitrogens with zero attached hydrogens (tertiary/aromatic N) is 2. The van der Waals surface area contributed by atoms with Crippen molar-refractivity contribution in [2.75, 3.05) is 17.6 Å². The highest BCUT2D eigenvalue weighted by Gasteiger charge is 2.01. The molecule has 5 heteroatoms. The highest BCUT2D eigenvalue weighted by molar-refractivity contribution is 7.99. The fraction of sp³-hybridized carbons (Fsp3) is 0.308. The summed E-state index contributed by atoms with van der Waals surface area (Å²) in [6.07, 6.45) is 0. The first-order chi connectivity index (χ1) is 8.65. The maximum atomic E-state index is 12.7. The molecule has 3 nitrogen and oxygen atoms in total. The topological polar surface area (TPSA) is 29.9 Å². The Morgan fingerprint density at radius 3 is 2.67 bits per heavy atom. The lowest BCUT2D eigenvalue weighted by molar-refractivity contribution is 0.628. The van der Waals surface area contributed by atoms with E-state index in [0.29, 0.717) is 0 Å². The van der Waals surface area contributed by atoms with Crippen molar-refractivity contribution in [3.05, 3.63) is 41.8 Å². The molecule has 2 rings (SSSR count). The van der Waals surface area contributed by atoms with Crippen molar-refractivity contribution >= 4 is 17.4 Å². The summed E-state index contributed by atoms with van der Waals surface area (Å²) in [6.45, 7) is 2.82. The number of halogens is 1. The molecule has 0 saturated carbocycles. The third kappa shape index (κ3) is 3.50. The maximum Gasteiger partial charge on any atom is 0.123 e. The van der Waals surface area contributed by atoms with Crippen LogP contribution in [0.15, 0.2) is 35.4 Å². The Hall–Kier alpha value is -1.49. The summed E-state index contributed by atoms with van der Waals surface area (Å²) in [5.41, 5.74) is 1.98. The molecule has 0 saturated heterocycles. The Labute approximate surface area is 110 Å². The van der Waals surface area contributed by atoms with Gasteiger partial charge >= 0.3 is 0 Å². The van der Waals surface area contributed by atoms with Gasteiger partial charge in [0.25, 0.3) is 0 Å². The fourth-order valence-electron chi connectivity index (χ4n) is 1.64. The molecule has 1 aromatic heterocycles. The van der Waals surface area contributed by atoms with Crippen LogP contribution in [0.4, 0.5) is 10.1 Å². The van der Waals surface area contributed by atoms with E-state index in [1.165, 1.54) is 12.1 Å². The number of benzene rings is 1. The number of nitrogens with one attached hydrogen (secondary N) is 1. The first-order valence-corrected chi connectivity index (χ1v) is 6.76. The second-order valence-corrected chi connectivity index (χ2v) is 5.14. The standard InChI is InChI=1S/C13H16FN3S/c1-10-9-13(17(2)16-10)18-8-7-15-12-5-3-11(14)4-6-12/h3-6,9,15H,7-8H2,1-2H3. The van der Waals surface area contributed by atoms with E-state index < -0.39 is 0 Å². The van der Waals surface area contributed by atoms with Gasteiger partial charge in [-0.25, -0.2) is 4.39 Å². The van der Waals surface area contributed by atoms with Crippen molar-refractivity contribution in [3.63, 3.8) is 0 Å². The zero-order valence-electron chi connectivity index (χ0n) is 10.5. The second-order valence-electron chi connectivity index (χ2n) is 4.03. The Morgan fingerprint density at radius 2 is 2.06 bits per heavy atom. The highest BCUT2D eigenvalue weighted by atomic mass is 32.2. The number of hydrogen-bond donors (Lipinski definition) is 1. The number of rotatable bonds is 5. The normalized spacial score (nSPS) is 10.6. The molecule has 0 radical (unpaired) electrons. The molecule has 1 aromatic carbocycles. The van der Waals surface area contributed by atoms with Crippen molar-refractivity contribution in [2.45, 2.75) is 11.9 Å². The molecular weight excluding hydrogens is 249 g/mol. The van der Waals surface area contributed by atoms with E-state index in [1.807, 2.05) is 18.7 Å². The van der Waals surface area contributed by atoms with Crippen LogP contribution in [0.1, 0.15) is 5.69 Å². The molecule has 1 N–H and O–H groups in total. The molecule has 18 heavy (non-hydrogen) atoms. The van der Waals surface area contributed by atoms with E-state index in [9.17, 15) is 4.39 Å². The van der Waals surface area contributed by atoms with Gasteiger partial charge in [0.1, 0.15) is 5.82 Å². The van der Waals surface area contributed by atoms with Crippen LogP contribution in [0.2, 0.25) is 0 Å². The number of aryl methyl sites for hydroxylation is 2. The summed E-state index contributed by atoms with van der Waals surface area (Å²) in [5, 5.41) is 8.70. The van der Waals surface area contributed by atoms with Crippen molar-refractivity contribution in [1.29, 1.82) is 0 Å². The summed E-state index contributed by atoms with van der Waals surface area (Å²) in [6, 6.07) is 8.48. The van der Waals surface area contributed by atoms with Crippen LogP contribution < -0.4 is 5.32 Å². The average Bonchev–Trinajstić information content (AvgIpc) is 2.66. The van der Waals surface area contributed by atoms with Gasteiger partial charge in [-0.3, -0.25) is 4.68 Å². The van der Waals surface area contributed by atoms with E-state index in [2.05, 4.69) is 16.5 Å². The molecule has 0 aliphatic rings. The summed E-state index contributed by atoms with van der Waals surface area (Å²) >= 11 is 1.75. The molecule has 1 heterocycles. The molecule has 0 aliphatic heterocycles. The van der Waals surface area contributed by atoms with Crippen LogP contribution in [0, 0.1) is 12.7 Å². The summed E-state index contributed by atoms with van der Waals surface area (Å²) in [4.78, 5) is 0. The zero-order valence-corrected chi connectivity index (χ0v) is 11.3. The predicted molar refractivity (Wildman–Crippen MR) is 73.6 cm³/mol. The quantitative estimate of drug-likeness (QED) is 0.665. The molecule has 0 atom stereocenters. The van der Waals surface area contributed by atoms with Gasteiger partial charge in [-0.05, 0) is 37.3 Å². The Balaban J connectivity index is 1.76. The lowest BCUT2D eigenvalue weighted by Gasteiger charge is -2.06. The highest BCUT2D eigenvalue weighted by Crippen LogP contribution is 2.18. The summed E-state index contributed by atoms with van der Waals surface area (Å²) in [7, 11) is 1.95. The van der Waals surface area contributed by atoms with E-state index in [4.69, 9.17) is 0 Å². The van der Waals surface area contributed by atoms with E-state index in [0.717, 1.165) is 28.7 Å². The first kappa shape index (κ1) is 13.0. The van der Waals surface area contributed by atoms with Crippen molar-refractivity contribution in [1.82, 2.24) is 9.78 Å². The van der Waals surface area contributed by atoms with E-state index in [1.54, 1.807) is 23.9 Å². The van der Waals surface area contributed by atoms with Gasteiger partial charge in [0, 0.05) is 25.0 Å². The minimum Gasteiger partial charge on any atom is -0.384 e. The van der Waals surface area contributed by atoms with E-state index >= 15 is 0 Å². The molecular formula is C13H16FN3S. The second kappa shape index (κ2) is 5.91. The van der Waals surface area contributed by atoms with Gasteiger partial charge in [0.15, 0.2) is 0 Å². The summed E-state index contributed by atoms with van der Waals surface area (Å²) < 4.78 is 14.6. The van der Waals surface area contributed by atoms with E-state index in [-0.39, 0.29) is 5.82 Å². The first-order valence-electron chi connectivity index (χ1n) is 5.78. The Morgan fingerprint density at radius 1 is 1.33 bits per heavy atom. The predicted octanol–water partition coefficient (Wildman–Crippen LogP) is 3.07. The largest absolute Gasteiger partial charge is 0.384 e. The van der Waals surface area contributed by atoms with Crippen LogP contribution in [0.5, 0.6) is 0 Å². The number of hydrogen-bond acceptors (Lipinski definition) is 3. The smallest absolute Gasteiger partial charge is 0.123 e. The molecule has 0 unspecified atom stereocenters. The SMILES string of the molecule is Cc1cc(SCCNc2ccc(F)cc2)n(C)n1. The Bertz CT molecular complexity index is 507. The molecule has 96 valence electrons. The zero-order chi connectivity index (χ0) is 13.0. The number of anilines is 1. The minimum atomic E-state index is -0.208. The number of aromatic nitrogens is 2. The molecule has 0 spiro atoms. The van der Waals surface area contributed by atoms with Gasteiger partial charge in [-0.2, -0.15) is 5.10 Å². The molecule has 2 aromatic rings. The van der Waals surface area contributed by atoms with Gasteiger partial charge in [0.05, 0.1) is 10.7 Å². The third-order valence-electron chi connectivity index (χ3n) is 2.48. The van der Waals surface area contributed by atoms with Crippen LogP contribution in [0.25, 0.3) is 0 Å². The van der Waals surface area contributed by atoms with Crippen LogP contribution in [-0.2, 0) is 7.05 Å². The minimum absolute atomic E-state index is 0.208. The van der Waals surface area contributed by atoms with Crippen LogP contribution >= 0.6 is 11.8 Å². The molecule has 0 fully saturated rings. The monoisotopic (exact) mass is 265 g/mol. The van der Waals surface area contributed by atoms with Crippen molar-refractivity contribution < 1.29 is 4.39 Å². The Kier molecular flexibility index (Phi) is 4.25. The van der Waals surface area contributed by atoms with Crippen molar-refractivity contribution in [2.24, 2.45) is 7.05 Å². The molecule has 0 aliphatic carbocycles.